The third-order valence-corrected chi connectivity index (χ3v) is 5.61. The fourth-order valence-electron chi connectivity index (χ4n) is 3.68. The Hall–Kier alpha value is -3.40. The number of aryl methyl sites for hydroxylation is 1. The van der Waals surface area contributed by atoms with Gasteiger partial charge >= 0.3 is 6.09 Å². The van der Waals surface area contributed by atoms with E-state index in [0.717, 1.165) is 12.8 Å². The van der Waals surface area contributed by atoms with Crippen LogP contribution in [0.15, 0.2) is 36.5 Å². The summed E-state index contributed by atoms with van der Waals surface area (Å²) >= 11 is 0. The molecule has 10 heteroatoms. The van der Waals surface area contributed by atoms with Gasteiger partial charge in [0, 0.05) is 23.7 Å². The number of pyridine rings is 1. The molecule has 3 heterocycles. The summed E-state index contributed by atoms with van der Waals surface area (Å²) in [6.07, 6.45) is 2.50. The van der Waals surface area contributed by atoms with Gasteiger partial charge in [-0.2, -0.15) is 4.80 Å². The first-order valence-electron chi connectivity index (χ1n) is 10.2. The summed E-state index contributed by atoms with van der Waals surface area (Å²) in [5.74, 6) is -0.0682. The Labute approximate surface area is 177 Å². The van der Waals surface area contributed by atoms with Gasteiger partial charge in [-0.25, -0.2) is 9.18 Å². The van der Waals surface area contributed by atoms with E-state index in [1.54, 1.807) is 30.5 Å². The van der Waals surface area contributed by atoms with Crippen LogP contribution in [0.5, 0.6) is 0 Å². The monoisotopic (exact) mass is 424 g/mol. The molecule has 1 aliphatic heterocycles. The smallest absolute Gasteiger partial charge is 0.414 e. The van der Waals surface area contributed by atoms with Crippen molar-refractivity contribution >= 4 is 11.8 Å². The number of aromatic nitrogens is 5. The van der Waals surface area contributed by atoms with Crippen LogP contribution in [-0.2, 0) is 11.3 Å². The highest BCUT2D eigenvalue weighted by Crippen LogP contribution is 2.41. The third kappa shape index (κ3) is 3.86. The summed E-state index contributed by atoms with van der Waals surface area (Å²) in [6.45, 7) is 2.81. The second-order valence-electron chi connectivity index (χ2n) is 7.94. The van der Waals surface area contributed by atoms with Crippen molar-refractivity contribution in [2.45, 2.75) is 44.4 Å². The first-order chi connectivity index (χ1) is 14.9. The Morgan fingerprint density at radius 3 is 2.77 bits per heavy atom. The summed E-state index contributed by atoms with van der Waals surface area (Å²) in [6, 6.07) is 8.06. The zero-order valence-electron chi connectivity index (χ0n) is 16.9. The Bertz CT molecular complexity index is 1130. The second kappa shape index (κ2) is 7.38. The third-order valence-electron chi connectivity index (χ3n) is 5.61. The predicted octanol–water partition coefficient (Wildman–Crippen LogP) is 2.80. The topological polar surface area (TPSA) is 106 Å². The van der Waals surface area contributed by atoms with Gasteiger partial charge in [-0.1, -0.05) is 6.07 Å². The lowest BCUT2D eigenvalue weighted by molar-refractivity contribution is 0.0705. The zero-order valence-corrected chi connectivity index (χ0v) is 16.9. The van der Waals surface area contributed by atoms with Crippen molar-refractivity contribution in [3.8, 4) is 22.6 Å². The van der Waals surface area contributed by atoms with Gasteiger partial charge in [0.05, 0.1) is 24.4 Å². The molecule has 2 aliphatic rings. The van der Waals surface area contributed by atoms with E-state index in [2.05, 4.69) is 20.4 Å². The maximum Gasteiger partial charge on any atom is 0.414 e. The van der Waals surface area contributed by atoms with E-state index in [-0.39, 0.29) is 0 Å². The van der Waals surface area contributed by atoms with Gasteiger partial charge in [-0.05, 0) is 49.2 Å². The number of amides is 1. The summed E-state index contributed by atoms with van der Waals surface area (Å²) < 4.78 is 20.2. The molecule has 0 radical (unpaired) electrons. The van der Waals surface area contributed by atoms with E-state index in [1.165, 1.54) is 15.8 Å². The summed E-state index contributed by atoms with van der Waals surface area (Å²) in [5.41, 5.74) is 1.21. The lowest BCUT2D eigenvalue weighted by Crippen LogP contribution is -2.26. The summed E-state index contributed by atoms with van der Waals surface area (Å²) in [7, 11) is 0. The molecule has 1 aliphatic carbocycles. The molecule has 1 atom stereocenters. The Morgan fingerprint density at radius 1 is 1.29 bits per heavy atom. The van der Waals surface area contributed by atoms with E-state index in [1.807, 2.05) is 6.92 Å². The lowest BCUT2D eigenvalue weighted by Gasteiger charge is -2.15. The molecule has 0 bridgehead atoms. The quantitative estimate of drug-likeness (QED) is 0.648. The SMILES string of the molecule is CCn1nnc(-c2ccc(-c3ccc(N4C[C@H](CC5(O)CC5)OC4=O)cc3F)cn2)n1. The van der Waals surface area contributed by atoms with Gasteiger partial charge in [0.1, 0.15) is 17.6 Å². The number of aliphatic hydroxyl groups is 1. The van der Waals surface area contributed by atoms with Gasteiger partial charge < -0.3 is 9.84 Å². The van der Waals surface area contributed by atoms with Crippen molar-refractivity contribution < 1.29 is 19.0 Å². The van der Waals surface area contributed by atoms with Crippen molar-refractivity contribution in [2.75, 3.05) is 11.4 Å². The molecule has 0 spiro atoms. The maximum absolute atomic E-state index is 14.9. The molecule has 1 aromatic carbocycles. The van der Waals surface area contributed by atoms with Crippen molar-refractivity contribution in [1.29, 1.82) is 0 Å². The van der Waals surface area contributed by atoms with E-state index in [0.29, 0.717) is 47.8 Å². The Morgan fingerprint density at radius 2 is 2.13 bits per heavy atom. The molecular weight excluding hydrogens is 403 g/mol. The first kappa shape index (κ1) is 19.6. The number of carbonyl (C=O) groups excluding carboxylic acids is 1. The number of nitrogens with zero attached hydrogens (tertiary/aromatic N) is 6. The van der Waals surface area contributed by atoms with Gasteiger partial charge in [-0.3, -0.25) is 9.88 Å². The minimum atomic E-state index is -0.713. The van der Waals surface area contributed by atoms with E-state index < -0.39 is 23.6 Å². The standard InChI is InChI=1S/C21H21FN6O3/c1-2-28-25-19(24-26-28)18-6-3-13(11-23-18)16-5-4-14(9-17(16)22)27-12-15(31-20(27)29)10-21(30)7-8-21/h3-6,9,11,15,30H,2,7-8,10,12H2,1H3/t15-/m0/s1. The average Bonchev–Trinajstić information content (AvgIpc) is 3.15. The van der Waals surface area contributed by atoms with Crippen LogP contribution in [0.25, 0.3) is 22.6 Å². The molecule has 1 amide bonds. The molecule has 160 valence electrons. The second-order valence-corrected chi connectivity index (χ2v) is 7.94. The fourth-order valence-corrected chi connectivity index (χ4v) is 3.68. The number of carbonyl (C=O) groups is 1. The largest absolute Gasteiger partial charge is 0.444 e. The van der Waals surface area contributed by atoms with E-state index >= 15 is 0 Å². The van der Waals surface area contributed by atoms with Gasteiger partial charge in [0.25, 0.3) is 0 Å². The number of rotatable bonds is 6. The van der Waals surface area contributed by atoms with Crippen molar-refractivity contribution in [2.24, 2.45) is 0 Å². The van der Waals surface area contributed by atoms with Gasteiger partial charge in [-0.15, -0.1) is 10.2 Å². The molecular formula is C21H21FN6O3. The van der Waals surface area contributed by atoms with E-state index in [4.69, 9.17) is 4.74 Å². The molecule has 31 heavy (non-hydrogen) atoms. The molecule has 3 aromatic rings. The zero-order chi connectivity index (χ0) is 21.6. The van der Waals surface area contributed by atoms with Gasteiger partial charge in [0.2, 0.25) is 5.82 Å². The van der Waals surface area contributed by atoms with Crippen LogP contribution < -0.4 is 4.90 Å². The molecule has 1 saturated carbocycles. The van der Waals surface area contributed by atoms with Crippen molar-refractivity contribution in [3.05, 3.63) is 42.3 Å². The number of hydrogen-bond acceptors (Lipinski definition) is 7. The molecule has 1 saturated heterocycles. The number of anilines is 1. The van der Waals surface area contributed by atoms with Crippen LogP contribution in [0.2, 0.25) is 0 Å². The highest BCUT2D eigenvalue weighted by molar-refractivity contribution is 5.90. The number of benzene rings is 1. The molecule has 5 rings (SSSR count). The van der Waals surface area contributed by atoms with Crippen LogP contribution in [0.3, 0.4) is 0 Å². The van der Waals surface area contributed by atoms with E-state index in [9.17, 15) is 14.3 Å². The highest BCUT2D eigenvalue weighted by atomic mass is 19.1. The van der Waals surface area contributed by atoms with Gasteiger partial charge in [0.15, 0.2) is 0 Å². The minimum absolute atomic E-state index is 0.293. The van der Waals surface area contributed by atoms with Crippen LogP contribution in [-0.4, -0.2) is 54.6 Å². The first-order valence-corrected chi connectivity index (χ1v) is 10.2. The predicted molar refractivity (Wildman–Crippen MR) is 109 cm³/mol. The normalized spacial score (nSPS) is 19.5. The summed E-state index contributed by atoms with van der Waals surface area (Å²) in [4.78, 5) is 19.4. The number of halogens is 1. The molecule has 0 unspecified atom stereocenters. The Kier molecular flexibility index (Phi) is 4.66. The van der Waals surface area contributed by atoms with Crippen molar-refractivity contribution in [3.63, 3.8) is 0 Å². The highest BCUT2D eigenvalue weighted by Gasteiger charge is 2.46. The molecule has 2 aromatic heterocycles. The minimum Gasteiger partial charge on any atom is -0.444 e. The number of tetrazole rings is 1. The number of hydrogen-bond donors (Lipinski definition) is 1. The Balaban J connectivity index is 1.33. The summed E-state index contributed by atoms with van der Waals surface area (Å²) in [5, 5.41) is 22.1. The van der Waals surface area contributed by atoms with Crippen LogP contribution in [0, 0.1) is 5.82 Å². The average molecular weight is 424 g/mol. The van der Waals surface area contributed by atoms with Crippen LogP contribution >= 0.6 is 0 Å². The molecule has 9 nitrogen and oxygen atoms in total. The van der Waals surface area contributed by atoms with Crippen LogP contribution in [0.4, 0.5) is 14.9 Å². The molecule has 1 N–H and O–H groups in total. The van der Waals surface area contributed by atoms with Crippen molar-refractivity contribution in [1.82, 2.24) is 25.2 Å². The number of ether oxygens (including phenoxy) is 1. The maximum atomic E-state index is 14.9. The number of cyclic esters (lactones) is 1. The fraction of sp³-hybridized carbons (Fsp3) is 0.381. The molecule has 2 fully saturated rings. The van der Waals surface area contributed by atoms with Crippen LogP contribution in [0.1, 0.15) is 26.2 Å². The lowest BCUT2D eigenvalue weighted by atomic mass is 10.1.